The molecule has 144 valence electrons. The highest BCUT2D eigenvalue weighted by atomic mass is 19.4. The quantitative estimate of drug-likeness (QED) is 0.480. The van der Waals surface area contributed by atoms with E-state index in [1.54, 1.807) is 0 Å². The lowest BCUT2D eigenvalue weighted by Gasteiger charge is -2.11. The average Bonchev–Trinajstić information content (AvgIpc) is 3.07. The molecule has 7 nitrogen and oxygen atoms in total. The minimum atomic E-state index is -4.65. The molecule has 1 amide bonds. The molecule has 0 aromatic heterocycles. The number of rotatable bonds is 8. The van der Waals surface area contributed by atoms with Crippen molar-refractivity contribution in [3.05, 3.63) is 33.9 Å². The van der Waals surface area contributed by atoms with Gasteiger partial charge in [0.2, 0.25) is 5.91 Å². The smallest absolute Gasteiger partial charge is 0.379 e. The zero-order chi connectivity index (χ0) is 19.2. The Balaban J connectivity index is 1.80. The Morgan fingerprint density at radius 1 is 1.35 bits per heavy atom. The van der Waals surface area contributed by atoms with Crippen LogP contribution in [-0.4, -0.2) is 37.0 Å². The molecule has 1 saturated heterocycles. The summed E-state index contributed by atoms with van der Waals surface area (Å²) in [6.45, 7) is 2.60. The van der Waals surface area contributed by atoms with Crippen LogP contribution in [-0.2, 0) is 11.0 Å². The Hall–Kier alpha value is -2.36. The van der Waals surface area contributed by atoms with Gasteiger partial charge in [-0.2, -0.15) is 13.2 Å². The number of nitrogens with zero attached hydrogens (tertiary/aromatic N) is 1. The molecule has 26 heavy (non-hydrogen) atoms. The van der Waals surface area contributed by atoms with Crippen LogP contribution in [0.1, 0.15) is 24.8 Å². The first-order chi connectivity index (χ1) is 12.3. The first kappa shape index (κ1) is 20.0. The van der Waals surface area contributed by atoms with Crippen molar-refractivity contribution in [2.45, 2.75) is 25.4 Å². The summed E-state index contributed by atoms with van der Waals surface area (Å²) < 4.78 is 38.0. The third kappa shape index (κ3) is 5.87. The molecule has 0 saturated carbocycles. The minimum absolute atomic E-state index is 0.0483. The molecule has 1 fully saturated rings. The van der Waals surface area contributed by atoms with Crippen molar-refractivity contribution in [1.29, 1.82) is 0 Å². The Morgan fingerprint density at radius 2 is 2.12 bits per heavy atom. The van der Waals surface area contributed by atoms with Gasteiger partial charge in [0.15, 0.2) is 0 Å². The minimum Gasteiger partial charge on any atom is -0.379 e. The van der Waals surface area contributed by atoms with Gasteiger partial charge in [-0.3, -0.25) is 14.9 Å². The summed E-state index contributed by atoms with van der Waals surface area (Å²) in [5, 5.41) is 19.7. The third-order valence-electron chi connectivity index (χ3n) is 4.23. The van der Waals surface area contributed by atoms with E-state index in [1.165, 1.54) is 0 Å². The summed E-state index contributed by atoms with van der Waals surface area (Å²) >= 11 is 0. The van der Waals surface area contributed by atoms with Gasteiger partial charge in [0.25, 0.3) is 5.69 Å². The summed E-state index contributed by atoms with van der Waals surface area (Å²) in [7, 11) is 0. The van der Waals surface area contributed by atoms with E-state index in [1.807, 2.05) is 0 Å². The molecule has 3 N–H and O–H groups in total. The molecule has 10 heteroatoms. The number of hydrogen-bond donors (Lipinski definition) is 3. The molecule has 2 rings (SSSR count). The number of anilines is 1. The second-order valence-electron chi connectivity index (χ2n) is 6.16. The lowest BCUT2D eigenvalue weighted by molar-refractivity contribution is -0.384. The zero-order valence-electron chi connectivity index (χ0n) is 14.1. The third-order valence-corrected chi connectivity index (χ3v) is 4.23. The number of nitrogens with one attached hydrogen (secondary N) is 3. The van der Waals surface area contributed by atoms with Crippen LogP contribution in [0.25, 0.3) is 0 Å². The Bertz CT molecular complexity index is 646. The fourth-order valence-electron chi connectivity index (χ4n) is 2.78. The van der Waals surface area contributed by atoms with E-state index < -0.39 is 22.4 Å². The van der Waals surface area contributed by atoms with Crippen LogP contribution in [0.2, 0.25) is 0 Å². The van der Waals surface area contributed by atoms with Gasteiger partial charge in [-0.15, -0.1) is 0 Å². The molecule has 1 heterocycles. The van der Waals surface area contributed by atoms with Gasteiger partial charge in [0.1, 0.15) is 5.69 Å². The van der Waals surface area contributed by atoms with Crippen LogP contribution in [0.4, 0.5) is 24.5 Å². The topological polar surface area (TPSA) is 96.3 Å². The fourth-order valence-corrected chi connectivity index (χ4v) is 2.78. The average molecular weight is 374 g/mol. The first-order valence-electron chi connectivity index (χ1n) is 8.34. The number of carbonyl (C=O) groups excluding carboxylic acids is 1. The number of benzene rings is 1. The van der Waals surface area contributed by atoms with Crippen LogP contribution < -0.4 is 16.0 Å². The number of amides is 1. The van der Waals surface area contributed by atoms with Crippen molar-refractivity contribution in [2.75, 3.05) is 31.5 Å². The molecule has 0 spiro atoms. The van der Waals surface area contributed by atoms with E-state index in [2.05, 4.69) is 16.0 Å². The van der Waals surface area contributed by atoms with Crippen molar-refractivity contribution >= 4 is 17.3 Å². The Labute approximate surface area is 148 Å². The SMILES string of the molecule is O=C(CCNc1ccc(C(F)(F)F)cc1[N+](=O)[O-])NCCC1CCNC1. The van der Waals surface area contributed by atoms with Gasteiger partial charge >= 0.3 is 6.18 Å². The van der Waals surface area contributed by atoms with E-state index in [4.69, 9.17) is 0 Å². The maximum absolute atomic E-state index is 12.7. The van der Waals surface area contributed by atoms with Crippen LogP contribution in [0.15, 0.2) is 18.2 Å². The molecule has 1 atom stereocenters. The lowest BCUT2D eigenvalue weighted by Crippen LogP contribution is -2.28. The van der Waals surface area contributed by atoms with Crippen LogP contribution in [0.3, 0.4) is 0 Å². The van der Waals surface area contributed by atoms with Gasteiger partial charge in [-0.1, -0.05) is 0 Å². The van der Waals surface area contributed by atoms with Gasteiger partial charge in [0.05, 0.1) is 10.5 Å². The van der Waals surface area contributed by atoms with Gasteiger partial charge in [-0.25, -0.2) is 0 Å². The summed E-state index contributed by atoms with van der Waals surface area (Å²) in [4.78, 5) is 21.9. The Morgan fingerprint density at radius 3 is 2.73 bits per heavy atom. The maximum atomic E-state index is 12.7. The monoisotopic (exact) mass is 374 g/mol. The van der Waals surface area contributed by atoms with E-state index in [0.717, 1.165) is 38.1 Å². The second-order valence-corrected chi connectivity index (χ2v) is 6.16. The molecule has 0 aliphatic carbocycles. The number of alkyl halides is 3. The highest BCUT2D eigenvalue weighted by Crippen LogP contribution is 2.34. The van der Waals surface area contributed by atoms with Crippen molar-refractivity contribution in [3.8, 4) is 0 Å². The van der Waals surface area contributed by atoms with Gasteiger partial charge < -0.3 is 16.0 Å². The van der Waals surface area contributed by atoms with Crippen molar-refractivity contribution in [3.63, 3.8) is 0 Å². The summed E-state index contributed by atoms with van der Waals surface area (Å²) in [6, 6.07) is 2.26. The second kappa shape index (κ2) is 8.84. The number of carbonyl (C=O) groups is 1. The van der Waals surface area contributed by atoms with Gasteiger partial charge in [0, 0.05) is 25.6 Å². The molecule has 1 unspecified atom stereocenters. The Kier molecular flexibility index (Phi) is 6.78. The number of nitro groups is 1. The molecule has 1 aromatic carbocycles. The molecule has 1 aliphatic heterocycles. The largest absolute Gasteiger partial charge is 0.416 e. The normalized spacial score (nSPS) is 17.1. The lowest BCUT2D eigenvalue weighted by atomic mass is 10.1. The summed E-state index contributed by atoms with van der Waals surface area (Å²) in [5.74, 6) is 0.348. The number of hydrogen-bond acceptors (Lipinski definition) is 5. The molecule has 1 aromatic rings. The van der Waals surface area contributed by atoms with Crippen molar-refractivity contribution in [1.82, 2.24) is 10.6 Å². The number of nitro benzene ring substituents is 1. The summed E-state index contributed by atoms with van der Waals surface area (Å²) in [6.07, 6.45) is -2.61. The summed E-state index contributed by atoms with van der Waals surface area (Å²) in [5.41, 5.74) is -1.81. The van der Waals surface area contributed by atoms with Gasteiger partial charge in [-0.05, 0) is 44.0 Å². The first-order valence-corrected chi connectivity index (χ1v) is 8.34. The molecular weight excluding hydrogens is 353 g/mol. The molecule has 1 aliphatic rings. The van der Waals surface area contributed by atoms with E-state index in [9.17, 15) is 28.1 Å². The standard InChI is InChI=1S/C16H21F3N4O3/c17-16(18,19)12-1-2-13(14(9-12)23(25)26)21-8-5-15(24)22-7-4-11-3-6-20-10-11/h1-2,9,11,20-21H,3-8,10H2,(H,22,24). The van der Waals surface area contributed by atoms with Crippen molar-refractivity contribution in [2.24, 2.45) is 5.92 Å². The van der Waals surface area contributed by atoms with E-state index >= 15 is 0 Å². The van der Waals surface area contributed by atoms with Crippen molar-refractivity contribution < 1.29 is 22.9 Å². The van der Waals surface area contributed by atoms with E-state index in [0.29, 0.717) is 18.5 Å². The zero-order valence-corrected chi connectivity index (χ0v) is 14.1. The van der Waals surface area contributed by atoms with Crippen LogP contribution in [0.5, 0.6) is 0 Å². The van der Waals surface area contributed by atoms with Crippen LogP contribution >= 0.6 is 0 Å². The molecule has 0 bridgehead atoms. The molecule has 0 radical (unpaired) electrons. The molecular formula is C16H21F3N4O3. The predicted molar refractivity (Wildman–Crippen MR) is 89.8 cm³/mol. The fraction of sp³-hybridized carbons (Fsp3) is 0.562. The highest BCUT2D eigenvalue weighted by molar-refractivity contribution is 5.76. The van der Waals surface area contributed by atoms with Crippen LogP contribution in [0, 0.1) is 16.0 Å². The van der Waals surface area contributed by atoms with E-state index in [-0.39, 0.29) is 24.6 Å². The number of halogens is 3. The highest BCUT2D eigenvalue weighted by Gasteiger charge is 2.33. The predicted octanol–water partition coefficient (Wildman–Crippen LogP) is 2.53. The maximum Gasteiger partial charge on any atom is 0.416 e.